The lowest BCUT2D eigenvalue weighted by Gasteiger charge is -2.35. The van der Waals surface area contributed by atoms with Crippen molar-refractivity contribution in [3.8, 4) is 38.7 Å². The normalized spacial score (nSPS) is 16.3. The molecule has 224 valence electrons. The quantitative estimate of drug-likeness (QED) is 0.254. The Morgan fingerprint density at radius 3 is 2.62 bits per heavy atom. The summed E-state index contributed by atoms with van der Waals surface area (Å²) in [7, 11) is 1.57. The molecule has 2 heterocycles. The van der Waals surface area contributed by atoms with Gasteiger partial charge in [0.15, 0.2) is 11.6 Å². The van der Waals surface area contributed by atoms with E-state index in [1.165, 1.54) is 28.4 Å². The van der Waals surface area contributed by atoms with Crippen LogP contribution in [0.2, 0.25) is 5.02 Å². The molecular weight excluding hydrogens is 587 g/mol. The van der Waals surface area contributed by atoms with E-state index in [2.05, 4.69) is 16.3 Å². The lowest BCUT2D eigenvalue weighted by atomic mass is 10.1. The Hall–Kier alpha value is -3.50. The van der Waals surface area contributed by atoms with Crippen molar-refractivity contribution in [3.05, 3.63) is 46.7 Å². The average molecular weight is 619 g/mol. The van der Waals surface area contributed by atoms with Crippen LogP contribution in [0.3, 0.4) is 0 Å². The molecule has 0 N–H and O–H groups in total. The maximum Gasteiger partial charge on any atom is 0.413 e. The summed E-state index contributed by atoms with van der Waals surface area (Å²) in [5.74, 6) is -0.298. The third-order valence-corrected chi connectivity index (χ3v) is 7.48. The van der Waals surface area contributed by atoms with Gasteiger partial charge in [-0.15, -0.1) is 10.2 Å². The number of nitrogens with zero attached hydrogens (tertiary/aromatic N) is 4. The van der Waals surface area contributed by atoms with Crippen LogP contribution in [0.4, 0.5) is 9.18 Å². The molecule has 1 aliphatic rings. The van der Waals surface area contributed by atoms with Crippen molar-refractivity contribution in [2.45, 2.75) is 52.0 Å². The molecule has 0 bridgehead atoms. The Morgan fingerprint density at radius 1 is 1.19 bits per heavy atom. The van der Waals surface area contributed by atoms with Crippen molar-refractivity contribution >= 4 is 29.0 Å². The van der Waals surface area contributed by atoms with Crippen LogP contribution in [0, 0.1) is 17.1 Å². The molecule has 0 spiro atoms. The zero-order chi connectivity index (χ0) is 30.7. The zero-order valence-corrected chi connectivity index (χ0v) is 25.8. The van der Waals surface area contributed by atoms with Gasteiger partial charge in [0.2, 0.25) is 0 Å². The largest absolute Gasteiger partial charge is 0.490 e. The van der Waals surface area contributed by atoms with Gasteiger partial charge in [0.1, 0.15) is 46.4 Å². The Kier molecular flexibility index (Phi) is 9.57. The van der Waals surface area contributed by atoms with Crippen molar-refractivity contribution in [3.63, 3.8) is 0 Å². The Morgan fingerprint density at radius 2 is 1.93 bits per heavy atom. The molecule has 4 rings (SSSR count). The SMILES string of the molecule is COCCOc1ccc(-c2nnc(-c3cc(F)c(OC[C@H]4COC(C)(C)N4C(=O)OC(C)(C)C)cc3Cl)s2)cc1C#N. The Balaban J connectivity index is 1.49. The van der Waals surface area contributed by atoms with E-state index in [9.17, 15) is 10.1 Å². The molecule has 1 atom stereocenters. The van der Waals surface area contributed by atoms with E-state index in [1.54, 1.807) is 59.9 Å². The van der Waals surface area contributed by atoms with Gasteiger partial charge >= 0.3 is 6.09 Å². The third-order valence-electron chi connectivity index (χ3n) is 6.16. The van der Waals surface area contributed by atoms with Gasteiger partial charge in [-0.3, -0.25) is 4.90 Å². The number of nitriles is 1. The molecule has 0 saturated carbocycles. The molecule has 0 unspecified atom stereocenters. The predicted octanol–water partition coefficient (Wildman–Crippen LogP) is 6.31. The first-order chi connectivity index (χ1) is 19.8. The van der Waals surface area contributed by atoms with E-state index in [4.69, 9.17) is 35.3 Å². The predicted molar refractivity (Wildman–Crippen MR) is 155 cm³/mol. The highest BCUT2D eigenvalue weighted by atomic mass is 35.5. The molecule has 1 fully saturated rings. The van der Waals surface area contributed by atoms with Crippen LogP contribution in [-0.2, 0) is 14.2 Å². The van der Waals surface area contributed by atoms with E-state index in [0.29, 0.717) is 45.7 Å². The fraction of sp³-hybridized carbons (Fsp3) is 0.448. The van der Waals surface area contributed by atoms with Crippen LogP contribution in [-0.4, -0.2) is 72.1 Å². The summed E-state index contributed by atoms with van der Waals surface area (Å²) in [6.45, 7) is 9.71. The van der Waals surface area contributed by atoms with E-state index >= 15 is 4.39 Å². The molecule has 10 nitrogen and oxygen atoms in total. The highest BCUT2D eigenvalue weighted by Gasteiger charge is 2.46. The minimum absolute atomic E-state index is 0.0371. The molecule has 0 aliphatic carbocycles. The zero-order valence-electron chi connectivity index (χ0n) is 24.2. The first-order valence-corrected chi connectivity index (χ1v) is 14.3. The maximum atomic E-state index is 15.2. The summed E-state index contributed by atoms with van der Waals surface area (Å²) in [5, 5.41) is 19.1. The monoisotopic (exact) mass is 618 g/mol. The second kappa shape index (κ2) is 12.8. The Bertz CT molecular complexity index is 1490. The van der Waals surface area contributed by atoms with E-state index in [-0.39, 0.29) is 24.0 Å². The van der Waals surface area contributed by atoms with Gasteiger partial charge in [-0.1, -0.05) is 22.9 Å². The van der Waals surface area contributed by atoms with Gasteiger partial charge in [0, 0.05) is 24.3 Å². The lowest BCUT2D eigenvalue weighted by molar-refractivity contribution is -0.0637. The molecule has 1 aliphatic heterocycles. The van der Waals surface area contributed by atoms with Gasteiger partial charge in [0.25, 0.3) is 0 Å². The number of halogens is 2. The Labute approximate surface area is 252 Å². The number of rotatable bonds is 9. The minimum Gasteiger partial charge on any atom is -0.490 e. The first-order valence-electron chi connectivity index (χ1n) is 13.1. The van der Waals surface area contributed by atoms with Crippen LogP contribution >= 0.6 is 22.9 Å². The van der Waals surface area contributed by atoms with Crippen LogP contribution in [0.1, 0.15) is 40.2 Å². The van der Waals surface area contributed by atoms with E-state index in [0.717, 1.165) is 0 Å². The van der Waals surface area contributed by atoms with Gasteiger partial charge in [-0.05, 0) is 58.9 Å². The van der Waals surface area contributed by atoms with Crippen LogP contribution < -0.4 is 9.47 Å². The summed E-state index contributed by atoms with van der Waals surface area (Å²) in [6, 6.07) is 9.31. The second-order valence-corrected chi connectivity index (χ2v) is 12.3. The molecule has 42 heavy (non-hydrogen) atoms. The first kappa shape index (κ1) is 31.4. The molecule has 3 aromatic rings. The van der Waals surface area contributed by atoms with Crippen LogP contribution in [0.25, 0.3) is 21.1 Å². The number of hydrogen-bond donors (Lipinski definition) is 0. The third kappa shape index (κ3) is 7.28. The van der Waals surface area contributed by atoms with E-state index < -0.39 is 29.3 Å². The summed E-state index contributed by atoms with van der Waals surface area (Å²) in [6.07, 6.45) is -0.547. The standard InChI is InChI=1S/C29H32ClFN4O6S/c1-28(2,3)41-27(36)35-19(16-40-29(35,4)5)15-39-24-13-21(30)20(12-22(24)31)26-34-33-25(42-26)17-7-8-23(18(11-17)14-32)38-10-9-37-6/h7-8,11-13,19H,9-10,15-16H2,1-6H3/t19-/m0/s1. The number of aromatic nitrogens is 2. The number of amides is 1. The fourth-order valence-electron chi connectivity index (χ4n) is 4.24. The molecular formula is C29H32ClFN4O6S. The molecule has 1 amide bonds. The van der Waals surface area contributed by atoms with Gasteiger partial charge in [0.05, 0.1) is 29.8 Å². The number of hydrogen-bond acceptors (Lipinski definition) is 10. The highest BCUT2D eigenvalue weighted by Crippen LogP contribution is 2.38. The van der Waals surface area contributed by atoms with E-state index in [1.807, 2.05) is 0 Å². The minimum atomic E-state index is -0.919. The molecule has 1 saturated heterocycles. The summed E-state index contributed by atoms with van der Waals surface area (Å²) in [5.41, 5.74) is -0.279. The van der Waals surface area contributed by atoms with Crippen LogP contribution in [0.15, 0.2) is 30.3 Å². The number of carbonyl (C=O) groups is 1. The summed E-state index contributed by atoms with van der Waals surface area (Å²) >= 11 is 7.72. The number of benzene rings is 2. The molecule has 0 radical (unpaired) electrons. The van der Waals surface area contributed by atoms with Crippen molar-refractivity contribution in [2.75, 3.05) is 33.5 Å². The average Bonchev–Trinajstić information content (AvgIpc) is 3.52. The molecule has 2 aromatic carbocycles. The molecule has 13 heteroatoms. The summed E-state index contributed by atoms with van der Waals surface area (Å²) in [4.78, 5) is 14.3. The number of carbonyl (C=O) groups excluding carboxylic acids is 1. The fourth-order valence-corrected chi connectivity index (χ4v) is 5.40. The number of ether oxygens (including phenoxy) is 5. The molecule has 1 aromatic heterocycles. The number of methoxy groups -OCH3 is 1. The maximum absolute atomic E-state index is 15.2. The van der Waals surface area contributed by atoms with Crippen molar-refractivity contribution in [1.82, 2.24) is 15.1 Å². The van der Waals surface area contributed by atoms with Gasteiger partial charge < -0.3 is 23.7 Å². The smallest absolute Gasteiger partial charge is 0.413 e. The second-order valence-electron chi connectivity index (χ2n) is 10.9. The summed E-state index contributed by atoms with van der Waals surface area (Å²) < 4.78 is 42.9. The topological polar surface area (TPSA) is 116 Å². The van der Waals surface area contributed by atoms with Crippen molar-refractivity contribution < 1.29 is 32.9 Å². The van der Waals surface area contributed by atoms with Gasteiger partial charge in [-0.25, -0.2) is 9.18 Å². The highest BCUT2D eigenvalue weighted by molar-refractivity contribution is 7.18. The van der Waals surface area contributed by atoms with Crippen LogP contribution in [0.5, 0.6) is 11.5 Å². The van der Waals surface area contributed by atoms with Crippen molar-refractivity contribution in [1.29, 1.82) is 5.26 Å². The van der Waals surface area contributed by atoms with Gasteiger partial charge in [-0.2, -0.15) is 5.26 Å². The lowest BCUT2D eigenvalue weighted by Crippen LogP contribution is -2.51. The van der Waals surface area contributed by atoms with Crippen molar-refractivity contribution in [2.24, 2.45) is 0 Å².